The lowest BCUT2D eigenvalue weighted by Gasteiger charge is -2.41. The summed E-state index contributed by atoms with van der Waals surface area (Å²) in [5.41, 5.74) is 4.28. The summed E-state index contributed by atoms with van der Waals surface area (Å²) in [6.07, 6.45) is 5.16. The molecule has 1 fully saturated rings. The molecule has 2 aliphatic rings. The molecule has 4 heteroatoms. The van der Waals surface area contributed by atoms with Crippen molar-refractivity contribution in [2.45, 2.75) is 37.5 Å². The molecule has 1 unspecified atom stereocenters. The molecule has 27 heavy (non-hydrogen) atoms. The van der Waals surface area contributed by atoms with Crippen molar-refractivity contribution in [3.8, 4) is 0 Å². The van der Waals surface area contributed by atoms with Gasteiger partial charge in [-0.3, -0.25) is 4.79 Å². The summed E-state index contributed by atoms with van der Waals surface area (Å²) in [6.45, 7) is 2.54. The second-order valence-electron chi connectivity index (χ2n) is 8.07. The minimum Gasteiger partial charge on any atom is -0.481 e. The van der Waals surface area contributed by atoms with E-state index in [0.717, 1.165) is 31.5 Å². The SMILES string of the molecule is O=C(O)C(Cc1ccccc1Cl)CN1CCC2(CCc3ccccc32)CC1. The van der Waals surface area contributed by atoms with E-state index in [-0.39, 0.29) is 0 Å². The van der Waals surface area contributed by atoms with Crippen LogP contribution in [-0.2, 0) is 23.1 Å². The molecule has 1 N–H and O–H groups in total. The van der Waals surface area contributed by atoms with Gasteiger partial charge >= 0.3 is 5.97 Å². The number of aryl methyl sites for hydroxylation is 1. The van der Waals surface area contributed by atoms with Crippen molar-refractivity contribution in [3.05, 3.63) is 70.2 Å². The Labute approximate surface area is 166 Å². The molecule has 1 atom stereocenters. The quantitative estimate of drug-likeness (QED) is 0.822. The number of piperidine rings is 1. The predicted octanol–water partition coefficient (Wildman–Crippen LogP) is 4.56. The Balaban J connectivity index is 1.41. The van der Waals surface area contributed by atoms with Gasteiger partial charge in [-0.1, -0.05) is 54.1 Å². The third kappa shape index (κ3) is 3.76. The van der Waals surface area contributed by atoms with E-state index in [4.69, 9.17) is 11.6 Å². The van der Waals surface area contributed by atoms with Crippen LogP contribution in [0.25, 0.3) is 0 Å². The lowest BCUT2D eigenvalue weighted by molar-refractivity contribution is -0.142. The first kappa shape index (κ1) is 18.5. The molecule has 0 bridgehead atoms. The number of aliphatic carboxylic acids is 1. The number of halogens is 1. The van der Waals surface area contributed by atoms with Crippen molar-refractivity contribution in [1.29, 1.82) is 0 Å². The van der Waals surface area contributed by atoms with Crippen molar-refractivity contribution >= 4 is 17.6 Å². The zero-order valence-electron chi connectivity index (χ0n) is 15.5. The zero-order chi connectivity index (χ0) is 18.9. The number of carboxylic acid groups (broad SMARTS) is 1. The lowest BCUT2D eigenvalue weighted by atomic mass is 9.73. The first-order chi connectivity index (χ1) is 13.1. The van der Waals surface area contributed by atoms with Gasteiger partial charge in [0.05, 0.1) is 5.92 Å². The van der Waals surface area contributed by atoms with Gasteiger partial charge in [0.1, 0.15) is 0 Å². The van der Waals surface area contributed by atoms with Crippen molar-refractivity contribution < 1.29 is 9.90 Å². The van der Waals surface area contributed by atoms with Crippen LogP contribution in [0, 0.1) is 5.92 Å². The molecule has 0 aromatic heterocycles. The molecule has 1 aliphatic carbocycles. The molecule has 0 amide bonds. The molecule has 0 radical (unpaired) electrons. The summed E-state index contributed by atoms with van der Waals surface area (Å²) in [6, 6.07) is 16.4. The van der Waals surface area contributed by atoms with Crippen LogP contribution in [-0.4, -0.2) is 35.6 Å². The fourth-order valence-electron chi connectivity index (χ4n) is 4.92. The molecule has 2 aromatic carbocycles. The van der Waals surface area contributed by atoms with Gasteiger partial charge in [0, 0.05) is 11.6 Å². The standard InChI is InChI=1S/C23H26ClNO2/c24-21-8-4-2-6-18(21)15-19(22(26)27)16-25-13-11-23(12-14-25)10-9-17-5-1-3-7-20(17)23/h1-8,19H,9-16H2,(H,26,27). The maximum Gasteiger partial charge on any atom is 0.308 e. The molecule has 3 nitrogen and oxygen atoms in total. The van der Waals surface area contributed by atoms with Gasteiger partial charge in [-0.15, -0.1) is 0 Å². The maximum atomic E-state index is 11.8. The Kier molecular flexibility index (Phi) is 5.25. The number of nitrogens with zero attached hydrogens (tertiary/aromatic N) is 1. The van der Waals surface area contributed by atoms with E-state index in [2.05, 4.69) is 29.2 Å². The number of carboxylic acids is 1. The lowest BCUT2D eigenvalue weighted by Crippen LogP contribution is -2.44. The fraction of sp³-hybridized carbons (Fsp3) is 0.435. The first-order valence-corrected chi connectivity index (χ1v) is 10.2. The molecular formula is C23H26ClNO2. The second-order valence-corrected chi connectivity index (χ2v) is 8.48. The summed E-state index contributed by atoms with van der Waals surface area (Å²) >= 11 is 6.24. The minimum atomic E-state index is -0.735. The van der Waals surface area contributed by atoms with E-state index in [0.29, 0.717) is 23.4 Å². The highest BCUT2D eigenvalue weighted by Crippen LogP contribution is 2.46. The van der Waals surface area contributed by atoms with Crippen molar-refractivity contribution in [1.82, 2.24) is 4.90 Å². The van der Waals surface area contributed by atoms with E-state index in [1.54, 1.807) is 0 Å². The van der Waals surface area contributed by atoms with Crippen molar-refractivity contribution in [2.75, 3.05) is 19.6 Å². The summed E-state index contributed by atoms with van der Waals surface area (Å²) in [5, 5.41) is 10.4. The van der Waals surface area contributed by atoms with Crippen molar-refractivity contribution in [3.63, 3.8) is 0 Å². The van der Waals surface area contributed by atoms with Crippen LogP contribution in [0.15, 0.2) is 48.5 Å². The largest absolute Gasteiger partial charge is 0.481 e. The summed E-state index contributed by atoms with van der Waals surface area (Å²) in [5.74, 6) is -1.16. The van der Waals surface area contributed by atoms with Gasteiger partial charge in [-0.25, -0.2) is 0 Å². The van der Waals surface area contributed by atoms with Crippen LogP contribution in [0.5, 0.6) is 0 Å². The molecule has 0 saturated carbocycles. The molecule has 1 heterocycles. The summed E-state index contributed by atoms with van der Waals surface area (Å²) < 4.78 is 0. The Morgan fingerprint density at radius 3 is 2.52 bits per heavy atom. The van der Waals surface area contributed by atoms with Gasteiger partial charge < -0.3 is 10.0 Å². The molecule has 2 aromatic rings. The maximum absolute atomic E-state index is 11.8. The number of carbonyl (C=O) groups is 1. The highest BCUT2D eigenvalue weighted by molar-refractivity contribution is 6.31. The Morgan fingerprint density at radius 1 is 1.07 bits per heavy atom. The number of likely N-dealkylation sites (tertiary alicyclic amines) is 1. The van der Waals surface area contributed by atoms with E-state index in [1.165, 1.54) is 24.0 Å². The fourth-order valence-corrected chi connectivity index (χ4v) is 5.13. The Bertz CT molecular complexity index is 827. The van der Waals surface area contributed by atoms with Gasteiger partial charge in [-0.05, 0) is 73.4 Å². The van der Waals surface area contributed by atoms with Crippen LogP contribution >= 0.6 is 11.6 Å². The molecule has 4 rings (SSSR count). The van der Waals surface area contributed by atoms with Crippen LogP contribution in [0.3, 0.4) is 0 Å². The number of hydrogen-bond acceptors (Lipinski definition) is 2. The second kappa shape index (κ2) is 7.65. The van der Waals surface area contributed by atoms with Gasteiger partial charge in [-0.2, -0.15) is 0 Å². The van der Waals surface area contributed by atoms with E-state index >= 15 is 0 Å². The average Bonchev–Trinajstić information content (AvgIpc) is 3.03. The van der Waals surface area contributed by atoms with Crippen LogP contribution in [0.4, 0.5) is 0 Å². The first-order valence-electron chi connectivity index (χ1n) is 9.84. The number of rotatable bonds is 5. The van der Waals surface area contributed by atoms with E-state index in [9.17, 15) is 9.90 Å². The normalized spacial score (nSPS) is 19.7. The third-order valence-corrected chi connectivity index (χ3v) is 6.90. The topological polar surface area (TPSA) is 40.5 Å². The minimum absolute atomic E-state index is 0.314. The predicted molar refractivity (Wildman–Crippen MR) is 108 cm³/mol. The van der Waals surface area contributed by atoms with Crippen LogP contribution in [0.1, 0.15) is 36.0 Å². The molecular weight excluding hydrogens is 358 g/mol. The number of benzene rings is 2. The van der Waals surface area contributed by atoms with Gasteiger partial charge in [0.15, 0.2) is 0 Å². The van der Waals surface area contributed by atoms with Crippen LogP contribution in [0.2, 0.25) is 5.02 Å². The summed E-state index contributed by atoms with van der Waals surface area (Å²) in [7, 11) is 0. The van der Waals surface area contributed by atoms with Gasteiger partial charge in [0.2, 0.25) is 0 Å². The zero-order valence-corrected chi connectivity index (χ0v) is 16.3. The molecule has 142 valence electrons. The highest BCUT2D eigenvalue weighted by atomic mass is 35.5. The van der Waals surface area contributed by atoms with Crippen molar-refractivity contribution in [2.24, 2.45) is 5.92 Å². The summed E-state index contributed by atoms with van der Waals surface area (Å²) in [4.78, 5) is 14.2. The van der Waals surface area contributed by atoms with E-state index < -0.39 is 11.9 Å². The van der Waals surface area contributed by atoms with Gasteiger partial charge in [0.25, 0.3) is 0 Å². The Morgan fingerprint density at radius 2 is 1.78 bits per heavy atom. The monoisotopic (exact) mass is 383 g/mol. The average molecular weight is 384 g/mol. The smallest absolute Gasteiger partial charge is 0.308 e. The molecule has 1 spiro atoms. The molecule has 1 aliphatic heterocycles. The third-order valence-electron chi connectivity index (χ3n) is 6.53. The van der Waals surface area contributed by atoms with E-state index in [1.807, 2.05) is 24.3 Å². The number of hydrogen-bond donors (Lipinski definition) is 1. The Hall–Kier alpha value is -1.84. The number of fused-ring (bicyclic) bond motifs is 2. The molecule has 1 saturated heterocycles. The van der Waals surface area contributed by atoms with Crippen LogP contribution < -0.4 is 0 Å². The highest BCUT2D eigenvalue weighted by Gasteiger charge is 2.41.